The van der Waals surface area contributed by atoms with Gasteiger partial charge in [-0.2, -0.15) is 0 Å². The summed E-state index contributed by atoms with van der Waals surface area (Å²) >= 11 is 0. The van der Waals surface area contributed by atoms with Crippen LogP contribution < -0.4 is 19.5 Å². The number of anilines is 1. The molecule has 2 aliphatic heterocycles. The molecule has 0 radical (unpaired) electrons. The highest BCUT2D eigenvalue weighted by Gasteiger charge is 2.48. The Bertz CT molecular complexity index is 1380. The predicted molar refractivity (Wildman–Crippen MR) is 162 cm³/mol. The van der Waals surface area contributed by atoms with Crippen LogP contribution in [-0.4, -0.2) is 54.8 Å². The molecule has 0 aliphatic carbocycles. The molecule has 1 saturated heterocycles. The molecule has 8 nitrogen and oxygen atoms in total. The van der Waals surface area contributed by atoms with Crippen LogP contribution in [0.2, 0.25) is 0 Å². The van der Waals surface area contributed by atoms with Crippen LogP contribution in [-0.2, 0) is 22.4 Å². The van der Waals surface area contributed by atoms with E-state index in [0.29, 0.717) is 37.9 Å². The molecule has 5 rings (SSSR count). The van der Waals surface area contributed by atoms with Crippen LogP contribution in [0.3, 0.4) is 0 Å². The molecule has 222 valence electrons. The number of carbonyl (C=O) groups is 2. The zero-order valence-corrected chi connectivity index (χ0v) is 24.6. The minimum atomic E-state index is -0.904. The molecular weight excluding hydrogens is 532 g/mol. The Morgan fingerprint density at radius 3 is 2.24 bits per heavy atom. The quantitative estimate of drug-likeness (QED) is 0.297. The van der Waals surface area contributed by atoms with Crippen LogP contribution in [0.15, 0.2) is 60.7 Å². The van der Waals surface area contributed by atoms with Crippen molar-refractivity contribution in [3.63, 3.8) is 0 Å². The maximum atomic E-state index is 13.6. The average Bonchev–Trinajstić information content (AvgIpc) is 3.39. The number of likely N-dealkylation sites (tertiary alicyclic amines) is 1. The molecule has 3 aromatic carbocycles. The molecule has 0 spiro atoms. The van der Waals surface area contributed by atoms with E-state index in [1.54, 1.807) is 0 Å². The number of nitrogens with one attached hydrogen (secondary N) is 1. The number of nitrogens with zero attached hydrogens (tertiary/aromatic N) is 1. The molecule has 8 heteroatoms. The number of hydrogen-bond acceptors (Lipinski definition) is 6. The summed E-state index contributed by atoms with van der Waals surface area (Å²) in [6.45, 7) is 8.20. The number of carboxylic acids is 1. The number of benzene rings is 3. The van der Waals surface area contributed by atoms with Gasteiger partial charge in [-0.3, -0.25) is 14.5 Å². The van der Waals surface area contributed by atoms with Gasteiger partial charge in [0, 0.05) is 24.2 Å². The van der Waals surface area contributed by atoms with Crippen LogP contribution in [0.1, 0.15) is 61.4 Å². The topological polar surface area (TPSA) is 97.3 Å². The number of ether oxygens (including phenoxy) is 3. The van der Waals surface area contributed by atoms with Crippen LogP contribution in [0.5, 0.6) is 17.2 Å². The summed E-state index contributed by atoms with van der Waals surface area (Å²) in [5.41, 5.74) is 4.72. The first-order chi connectivity index (χ1) is 20.4. The van der Waals surface area contributed by atoms with Gasteiger partial charge in [0.05, 0.1) is 19.1 Å². The largest absolute Gasteiger partial charge is 0.494 e. The maximum absolute atomic E-state index is 13.6. The number of hydrogen-bond donors (Lipinski definition) is 2. The lowest BCUT2D eigenvalue weighted by atomic mass is 9.82. The van der Waals surface area contributed by atoms with E-state index < -0.39 is 17.9 Å². The lowest BCUT2D eigenvalue weighted by molar-refractivity contribution is -0.143. The summed E-state index contributed by atoms with van der Waals surface area (Å²) in [6, 6.07) is 18.8. The Hall–Kier alpha value is -4.04. The van der Waals surface area contributed by atoms with Gasteiger partial charge in [0.15, 0.2) is 11.5 Å². The number of para-hydroxylation sites is 1. The minimum absolute atomic E-state index is 0.0603. The van der Waals surface area contributed by atoms with Crippen molar-refractivity contribution in [2.75, 3.05) is 38.2 Å². The lowest BCUT2D eigenvalue weighted by Crippen LogP contribution is -2.35. The monoisotopic (exact) mass is 572 g/mol. The molecule has 0 saturated carbocycles. The Balaban J connectivity index is 1.48. The fraction of sp³-hybridized carbons (Fsp3) is 0.412. The SMILES string of the molecule is CCCOc1ccc([C@H]2C(C(=O)O)[C@@H](c3ccc4c(c3)OCCO4)CN2CC(=O)Nc2c(CC)cccc2CC)cc1. The van der Waals surface area contributed by atoms with Crippen molar-refractivity contribution in [3.8, 4) is 17.2 Å². The minimum Gasteiger partial charge on any atom is -0.494 e. The van der Waals surface area contributed by atoms with Crippen LogP contribution in [0.4, 0.5) is 5.69 Å². The molecule has 3 atom stereocenters. The fourth-order valence-electron chi connectivity index (χ4n) is 6.17. The third kappa shape index (κ3) is 6.23. The molecule has 1 unspecified atom stereocenters. The summed E-state index contributed by atoms with van der Waals surface area (Å²) in [7, 11) is 0. The van der Waals surface area contributed by atoms with Gasteiger partial charge < -0.3 is 24.6 Å². The van der Waals surface area contributed by atoms with Gasteiger partial charge >= 0.3 is 5.97 Å². The molecule has 2 aliphatic rings. The van der Waals surface area contributed by atoms with E-state index in [9.17, 15) is 14.7 Å². The molecule has 2 N–H and O–H groups in total. The van der Waals surface area contributed by atoms with Crippen molar-refractivity contribution in [1.82, 2.24) is 4.90 Å². The van der Waals surface area contributed by atoms with Gasteiger partial charge in [0.1, 0.15) is 19.0 Å². The van der Waals surface area contributed by atoms with Crippen molar-refractivity contribution >= 4 is 17.6 Å². The Labute approximate surface area is 247 Å². The molecule has 2 heterocycles. The molecule has 0 aromatic heterocycles. The average molecular weight is 573 g/mol. The first-order valence-corrected chi connectivity index (χ1v) is 14.9. The van der Waals surface area contributed by atoms with E-state index in [0.717, 1.165) is 53.0 Å². The van der Waals surface area contributed by atoms with E-state index >= 15 is 0 Å². The van der Waals surface area contributed by atoms with Crippen molar-refractivity contribution < 1.29 is 28.9 Å². The standard InChI is InChI=1S/C34H40N2O6/c1-4-16-40-26-13-10-24(11-14-26)33-31(34(38)39)27(25-12-15-28-29(19-25)42-18-17-41-28)20-36(33)21-30(37)35-32-22(5-2)8-7-9-23(32)6-3/h7-15,19,27,31,33H,4-6,16-18,20-21H2,1-3H3,(H,35,37)(H,38,39)/t27-,31?,33+/m1/s1. The summed E-state index contributed by atoms with van der Waals surface area (Å²) in [4.78, 5) is 28.6. The zero-order chi connectivity index (χ0) is 29.6. The molecule has 3 aromatic rings. The van der Waals surface area contributed by atoms with Gasteiger partial charge in [0.25, 0.3) is 0 Å². The van der Waals surface area contributed by atoms with Crippen LogP contribution in [0.25, 0.3) is 0 Å². The van der Waals surface area contributed by atoms with Gasteiger partial charge in [-0.05, 0) is 65.8 Å². The fourth-order valence-corrected chi connectivity index (χ4v) is 6.17. The number of fused-ring (bicyclic) bond motifs is 1. The van der Waals surface area contributed by atoms with Crippen LogP contribution >= 0.6 is 0 Å². The third-order valence-electron chi connectivity index (χ3n) is 8.18. The molecule has 0 bridgehead atoms. The first-order valence-electron chi connectivity index (χ1n) is 14.9. The van der Waals surface area contributed by atoms with Crippen molar-refractivity contribution in [3.05, 3.63) is 82.9 Å². The van der Waals surface area contributed by atoms with Gasteiger partial charge in [-0.25, -0.2) is 0 Å². The van der Waals surface area contributed by atoms with E-state index in [4.69, 9.17) is 14.2 Å². The number of carboxylic acid groups (broad SMARTS) is 1. The number of aliphatic carboxylic acids is 1. The van der Waals surface area contributed by atoms with Crippen molar-refractivity contribution in [2.24, 2.45) is 5.92 Å². The second-order valence-electron chi connectivity index (χ2n) is 10.9. The Morgan fingerprint density at radius 1 is 0.929 bits per heavy atom. The van der Waals surface area contributed by atoms with E-state index in [1.807, 2.05) is 72.5 Å². The third-order valence-corrected chi connectivity index (χ3v) is 8.18. The van der Waals surface area contributed by atoms with Gasteiger partial charge in [-0.15, -0.1) is 0 Å². The summed E-state index contributed by atoms with van der Waals surface area (Å²) in [5.74, 6) is -0.188. The number of carbonyl (C=O) groups excluding carboxylic acids is 1. The van der Waals surface area contributed by atoms with E-state index in [2.05, 4.69) is 19.2 Å². The zero-order valence-electron chi connectivity index (χ0n) is 24.6. The second kappa shape index (κ2) is 13.3. The van der Waals surface area contributed by atoms with Crippen LogP contribution in [0, 0.1) is 5.92 Å². The lowest BCUT2D eigenvalue weighted by Gasteiger charge is -2.27. The number of aryl methyl sites for hydroxylation is 2. The first kappa shape index (κ1) is 29.5. The summed E-state index contributed by atoms with van der Waals surface area (Å²) in [6.07, 6.45) is 2.50. The second-order valence-corrected chi connectivity index (χ2v) is 10.9. The summed E-state index contributed by atoms with van der Waals surface area (Å²) < 4.78 is 17.3. The van der Waals surface area contributed by atoms with Gasteiger partial charge in [0.2, 0.25) is 5.91 Å². The smallest absolute Gasteiger partial charge is 0.309 e. The highest BCUT2D eigenvalue weighted by Crippen LogP contribution is 2.47. The van der Waals surface area contributed by atoms with E-state index in [1.165, 1.54) is 0 Å². The van der Waals surface area contributed by atoms with Gasteiger partial charge in [-0.1, -0.05) is 57.2 Å². The number of amides is 1. The molecular formula is C34H40N2O6. The molecule has 1 amide bonds. The maximum Gasteiger partial charge on any atom is 0.309 e. The van der Waals surface area contributed by atoms with Crippen molar-refractivity contribution in [2.45, 2.75) is 52.0 Å². The Kier molecular flexibility index (Phi) is 9.32. The molecule has 42 heavy (non-hydrogen) atoms. The van der Waals surface area contributed by atoms with E-state index in [-0.39, 0.29) is 18.4 Å². The van der Waals surface area contributed by atoms with Crippen molar-refractivity contribution in [1.29, 1.82) is 0 Å². The summed E-state index contributed by atoms with van der Waals surface area (Å²) in [5, 5.41) is 13.8. The normalized spacial score (nSPS) is 19.8. The Morgan fingerprint density at radius 2 is 1.60 bits per heavy atom. The highest BCUT2D eigenvalue weighted by atomic mass is 16.6. The number of rotatable bonds is 11. The highest BCUT2D eigenvalue weighted by molar-refractivity contribution is 5.94. The molecule has 1 fully saturated rings. The predicted octanol–water partition coefficient (Wildman–Crippen LogP) is 5.85.